The summed E-state index contributed by atoms with van der Waals surface area (Å²) in [6.07, 6.45) is 6.83. The summed E-state index contributed by atoms with van der Waals surface area (Å²) in [7, 11) is 0. The van der Waals surface area contributed by atoms with Crippen molar-refractivity contribution in [3.8, 4) is 0 Å². The molecule has 1 unspecified atom stereocenters. The van der Waals surface area contributed by atoms with Crippen molar-refractivity contribution in [2.24, 2.45) is 5.92 Å². The van der Waals surface area contributed by atoms with Crippen LogP contribution in [0.2, 0.25) is 5.02 Å². The SMILES string of the molecule is O=C(NCCCCNC1=CC(c2ccccc2Cl)=I[I-]c2c(Br)cnn21)C1CCOC1. The number of carbonyl (C=O) groups excluding carboxylic acids is 1. The van der Waals surface area contributed by atoms with Gasteiger partial charge in [0.05, 0.1) is 0 Å². The molecule has 1 aromatic carbocycles. The maximum absolute atomic E-state index is 12.1. The third kappa shape index (κ3) is 6.10. The molecule has 2 aromatic rings. The third-order valence-electron chi connectivity index (χ3n) is 4.98. The van der Waals surface area contributed by atoms with Gasteiger partial charge in [-0.05, 0) is 0 Å². The van der Waals surface area contributed by atoms with Crippen LogP contribution < -0.4 is 27.9 Å². The van der Waals surface area contributed by atoms with E-state index < -0.39 is 0 Å². The van der Waals surface area contributed by atoms with Crippen LogP contribution in [0.15, 0.2) is 41.0 Å². The Hall–Kier alpha value is -0.500. The fraction of sp³-hybridized carbons (Fsp3) is 0.381. The minimum atomic E-state index is -0.143. The molecule has 2 N–H and O–H groups in total. The van der Waals surface area contributed by atoms with E-state index in [2.05, 4.69) is 43.8 Å². The number of carbonyl (C=O) groups is 1. The first-order valence-corrected chi connectivity index (χ1v) is 19.7. The second kappa shape index (κ2) is 11.6. The Morgan fingerprint density at radius 3 is 3.00 bits per heavy atom. The summed E-state index contributed by atoms with van der Waals surface area (Å²) >= 11 is 9.88. The quantitative estimate of drug-likeness (QED) is 0.315. The summed E-state index contributed by atoms with van der Waals surface area (Å²) in [5.41, 5.74) is 1.14. The van der Waals surface area contributed by atoms with E-state index in [0.717, 1.165) is 46.7 Å². The van der Waals surface area contributed by atoms with Crippen molar-refractivity contribution in [3.63, 3.8) is 0 Å². The van der Waals surface area contributed by atoms with Gasteiger partial charge in [-0.25, -0.2) is 0 Å². The number of hydrogen-bond donors (Lipinski definition) is 2. The van der Waals surface area contributed by atoms with Crippen LogP contribution in [0.4, 0.5) is 0 Å². The second-order valence-corrected chi connectivity index (χ2v) is 16.9. The number of unbranched alkanes of at least 4 members (excludes halogenated alkanes) is 1. The van der Waals surface area contributed by atoms with E-state index in [4.69, 9.17) is 16.3 Å². The summed E-state index contributed by atoms with van der Waals surface area (Å²) < 4.78 is 11.1. The molecule has 168 valence electrons. The number of aromatic nitrogens is 2. The normalized spacial score (nSPS) is 18.6. The summed E-state index contributed by atoms with van der Waals surface area (Å²) in [6, 6.07) is 8.08. The molecule has 10 heteroatoms. The maximum atomic E-state index is 12.1. The molecule has 0 aliphatic carbocycles. The molecular formula is C21H23BrClI2N4O2-. The fourth-order valence-corrected chi connectivity index (χ4v) is 16.4. The molecule has 2 aliphatic heterocycles. The molecule has 2 aliphatic rings. The zero-order valence-electron chi connectivity index (χ0n) is 16.7. The molecule has 1 amide bonds. The molecule has 1 atom stereocenters. The third-order valence-corrected chi connectivity index (χ3v) is 16.5. The van der Waals surface area contributed by atoms with Gasteiger partial charge in [-0.15, -0.1) is 0 Å². The van der Waals surface area contributed by atoms with Gasteiger partial charge in [-0.2, -0.15) is 0 Å². The number of nitrogens with one attached hydrogen (secondary N) is 2. The molecule has 31 heavy (non-hydrogen) atoms. The predicted octanol–water partition coefficient (Wildman–Crippen LogP) is 0.998. The minimum Gasteiger partial charge on any atom is -0.381 e. The Morgan fingerprint density at radius 1 is 1.35 bits per heavy atom. The summed E-state index contributed by atoms with van der Waals surface area (Å²) in [5.74, 6) is 1.14. The number of allylic oxidation sites excluding steroid dienone is 1. The zero-order valence-corrected chi connectivity index (χ0v) is 23.4. The average Bonchev–Trinajstić information content (AvgIpc) is 3.39. The van der Waals surface area contributed by atoms with Crippen LogP contribution in [0.3, 0.4) is 0 Å². The van der Waals surface area contributed by atoms with Gasteiger partial charge in [-0.3, -0.25) is 0 Å². The van der Waals surface area contributed by atoms with Gasteiger partial charge in [-0.1, -0.05) is 0 Å². The van der Waals surface area contributed by atoms with Crippen molar-refractivity contribution in [1.29, 1.82) is 0 Å². The van der Waals surface area contributed by atoms with Gasteiger partial charge in [0, 0.05) is 6.61 Å². The van der Waals surface area contributed by atoms with Crippen molar-refractivity contribution in [1.82, 2.24) is 20.4 Å². The molecule has 6 nitrogen and oxygen atoms in total. The molecule has 1 aromatic heterocycles. The Labute approximate surface area is 211 Å². The van der Waals surface area contributed by atoms with Crippen LogP contribution in [0, 0.1) is 9.62 Å². The number of nitrogens with zero attached hydrogens (tertiary/aromatic N) is 2. The first kappa shape index (κ1) is 23.7. The van der Waals surface area contributed by atoms with Crippen molar-refractivity contribution in [3.05, 3.63) is 55.3 Å². The topological polar surface area (TPSA) is 68.2 Å². The smallest absolute Gasteiger partial charge is 0.381 e. The summed E-state index contributed by atoms with van der Waals surface area (Å²) in [5, 5.41) is 12.0. The van der Waals surface area contributed by atoms with E-state index in [0.29, 0.717) is 19.8 Å². The second-order valence-electron chi connectivity index (χ2n) is 7.18. The van der Waals surface area contributed by atoms with Gasteiger partial charge in [0.2, 0.25) is 0 Å². The molecule has 0 radical (unpaired) electrons. The number of rotatable bonds is 8. The van der Waals surface area contributed by atoms with E-state index in [9.17, 15) is 4.79 Å². The summed E-state index contributed by atoms with van der Waals surface area (Å²) in [6.45, 7) is 2.76. The number of fused-ring (bicyclic) bond motifs is 1. The molecule has 0 bridgehead atoms. The number of ether oxygens (including phenoxy) is 1. The standard InChI is InChI=1S/C21H23BrClI2N4O2/c22-16-12-28-29-19(26-8-3-4-9-27-21(30)14-7-10-31-13-14)11-18(24-25-20(16)29)15-5-1-2-6-17(15)23/h1-2,5-6,11-12,14,26H,3-4,7-10,13H2,(H,27,30)/q-1. The Kier molecular flexibility index (Phi) is 8.83. The number of hydrogen-bond acceptors (Lipinski definition) is 4. The summed E-state index contributed by atoms with van der Waals surface area (Å²) in [4.78, 5) is 12.1. The van der Waals surface area contributed by atoms with Crippen molar-refractivity contribution in [2.45, 2.75) is 19.3 Å². The van der Waals surface area contributed by atoms with Gasteiger partial charge in [0.15, 0.2) is 0 Å². The fourth-order valence-electron chi connectivity index (χ4n) is 3.28. The van der Waals surface area contributed by atoms with Crippen molar-refractivity contribution < 1.29 is 26.8 Å². The molecule has 1 fully saturated rings. The van der Waals surface area contributed by atoms with Gasteiger partial charge >= 0.3 is 202 Å². The number of halogens is 4. The van der Waals surface area contributed by atoms with Gasteiger partial charge in [0.1, 0.15) is 0 Å². The van der Waals surface area contributed by atoms with E-state index in [-0.39, 0.29) is 45.8 Å². The van der Waals surface area contributed by atoms with Crippen LogP contribution in [0.1, 0.15) is 24.8 Å². The van der Waals surface area contributed by atoms with Crippen LogP contribution >= 0.6 is 44.3 Å². The van der Waals surface area contributed by atoms with Crippen molar-refractivity contribution in [2.75, 3.05) is 26.3 Å². The van der Waals surface area contributed by atoms with Gasteiger partial charge < -0.3 is 4.74 Å². The van der Waals surface area contributed by atoms with Crippen LogP contribution in [0.5, 0.6) is 0 Å². The first-order chi connectivity index (χ1) is 15.1. The average molecular weight is 733 g/mol. The van der Waals surface area contributed by atoms with Crippen molar-refractivity contribution >= 4 is 59.5 Å². The van der Waals surface area contributed by atoms with E-state index in [1.54, 1.807) is 0 Å². The Morgan fingerprint density at radius 2 is 2.19 bits per heavy atom. The molecule has 4 rings (SSSR count). The molecule has 0 spiro atoms. The van der Waals surface area contributed by atoms with E-state index in [1.807, 2.05) is 29.1 Å². The van der Waals surface area contributed by atoms with E-state index >= 15 is 0 Å². The number of benzene rings is 1. The number of amides is 1. The molecule has 3 heterocycles. The zero-order chi connectivity index (χ0) is 21.6. The predicted molar refractivity (Wildman–Crippen MR) is 132 cm³/mol. The minimum absolute atomic E-state index is 0.0244. The Bertz CT molecular complexity index is 1010. The first-order valence-electron chi connectivity index (χ1n) is 10.1. The molecule has 0 saturated carbocycles. The molecular weight excluding hydrogens is 709 g/mol. The Balaban J connectivity index is 1.36. The van der Waals surface area contributed by atoms with Crippen LogP contribution in [-0.2, 0) is 9.53 Å². The monoisotopic (exact) mass is 731 g/mol. The van der Waals surface area contributed by atoms with E-state index in [1.165, 1.54) is 7.21 Å². The van der Waals surface area contributed by atoms with Crippen LogP contribution in [-0.4, -0.2) is 45.5 Å². The van der Waals surface area contributed by atoms with Gasteiger partial charge in [0.25, 0.3) is 0 Å². The molecule has 1 saturated heterocycles. The van der Waals surface area contributed by atoms with Crippen LogP contribution in [0.25, 0.3) is 5.82 Å².